The average Bonchev–Trinajstić information content (AvgIpc) is 3.20. The van der Waals surface area contributed by atoms with Crippen molar-refractivity contribution >= 4 is 38.8 Å². The lowest BCUT2D eigenvalue weighted by atomic mass is 10.1. The van der Waals surface area contributed by atoms with E-state index in [0.29, 0.717) is 16.9 Å². The lowest BCUT2D eigenvalue weighted by Gasteiger charge is -2.10. The first-order valence-corrected chi connectivity index (χ1v) is 10.5. The van der Waals surface area contributed by atoms with Gasteiger partial charge in [0.25, 0.3) is 15.9 Å². The highest BCUT2D eigenvalue weighted by molar-refractivity contribution is 7.93. The minimum absolute atomic E-state index is 0.0411. The van der Waals surface area contributed by atoms with Crippen molar-refractivity contribution in [2.24, 2.45) is 0 Å². The minimum atomic E-state index is -4.00. The minimum Gasteiger partial charge on any atom is -0.337 e. The van der Waals surface area contributed by atoms with Gasteiger partial charge in [0.1, 0.15) is 9.77 Å². The first kappa shape index (κ1) is 19.1. The molecule has 0 spiro atoms. The summed E-state index contributed by atoms with van der Waals surface area (Å²) in [5.74, 6) is -0.442. The SMILES string of the molecule is Cc1ccc(NC(=O)c2sccc2S(=O)(=O)Nc2onc(C)c2C)c(C)c1. The Morgan fingerprint density at radius 2 is 1.89 bits per heavy atom. The largest absolute Gasteiger partial charge is 0.337 e. The van der Waals surface area contributed by atoms with Crippen molar-refractivity contribution in [3.05, 3.63) is 56.9 Å². The highest BCUT2D eigenvalue weighted by atomic mass is 32.2. The van der Waals surface area contributed by atoms with E-state index in [4.69, 9.17) is 4.52 Å². The van der Waals surface area contributed by atoms with Crippen LogP contribution in [0.15, 0.2) is 39.1 Å². The van der Waals surface area contributed by atoms with Crippen molar-refractivity contribution in [2.75, 3.05) is 10.0 Å². The molecule has 0 unspecified atom stereocenters. The van der Waals surface area contributed by atoms with Crippen molar-refractivity contribution in [1.29, 1.82) is 0 Å². The van der Waals surface area contributed by atoms with Crippen molar-refractivity contribution in [1.82, 2.24) is 5.16 Å². The number of carbonyl (C=O) groups excluding carboxylic acids is 1. The van der Waals surface area contributed by atoms with Crippen molar-refractivity contribution < 1.29 is 17.7 Å². The van der Waals surface area contributed by atoms with Gasteiger partial charge in [0, 0.05) is 11.3 Å². The van der Waals surface area contributed by atoms with Crippen molar-refractivity contribution in [3.63, 3.8) is 0 Å². The van der Waals surface area contributed by atoms with Crippen LogP contribution in [0, 0.1) is 27.7 Å². The third kappa shape index (κ3) is 3.88. The Balaban J connectivity index is 1.88. The molecular formula is C18H19N3O4S2. The monoisotopic (exact) mass is 405 g/mol. The Kier molecular flexibility index (Phi) is 5.07. The van der Waals surface area contributed by atoms with Gasteiger partial charge in [0.15, 0.2) is 0 Å². The first-order chi connectivity index (χ1) is 12.7. The van der Waals surface area contributed by atoms with Crippen LogP contribution in [0.5, 0.6) is 0 Å². The van der Waals surface area contributed by atoms with Crippen LogP contribution in [0.1, 0.15) is 32.1 Å². The maximum atomic E-state index is 12.7. The van der Waals surface area contributed by atoms with E-state index in [1.54, 1.807) is 25.3 Å². The summed E-state index contributed by atoms with van der Waals surface area (Å²) in [7, 11) is -4.00. The molecule has 0 saturated carbocycles. The van der Waals surface area contributed by atoms with Gasteiger partial charge >= 0.3 is 0 Å². The second-order valence-corrected chi connectivity index (χ2v) is 8.78. The van der Waals surface area contributed by atoms with Gasteiger partial charge < -0.3 is 9.84 Å². The summed E-state index contributed by atoms with van der Waals surface area (Å²) >= 11 is 1.06. The zero-order chi connectivity index (χ0) is 19.8. The fourth-order valence-electron chi connectivity index (χ4n) is 2.50. The molecule has 9 heteroatoms. The lowest BCUT2D eigenvalue weighted by molar-refractivity contribution is 0.102. The van der Waals surface area contributed by atoms with Gasteiger partial charge in [-0.2, -0.15) is 0 Å². The smallest absolute Gasteiger partial charge is 0.267 e. The van der Waals surface area contributed by atoms with Gasteiger partial charge in [-0.05, 0) is 50.8 Å². The summed E-state index contributed by atoms with van der Waals surface area (Å²) < 4.78 is 32.9. The molecule has 0 fully saturated rings. The van der Waals surface area contributed by atoms with Crippen molar-refractivity contribution in [3.8, 4) is 0 Å². The van der Waals surface area contributed by atoms with Crippen LogP contribution in [0.3, 0.4) is 0 Å². The number of hydrogen-bond donors (Lipinski definition) is 2. The number of carbonyl (C=O) groups is 1. The number of anilines is 2. The summed E-state index contributed by atoms with van der Waals surface area (Å²) in [6.07, 6.45) is 0. The standard InChI is InChI=1S/C18H19N3O4S2/c1-10-5-6-14(11(2)9-10)19-17(22)16-15(7-8-26-16)27(23,24)21-18-12(3)13(4)20-25-18/h5-9,21H,1-4H3,(H,19,22). The zero-order valence-electron chi connectivity index (χ0n) is 15.3. The summed E-state index contributed by atoms with van der Waals surface area (Å²) in [5.41, 5.74) is 3.79. The van der Waals surface area contributed by atoms with Gasteiger partial charge in [0.05, 0.1) is 5.69 Å². The topological polar surface area (TPSA) is 101 Å². The molecule has 7 nitrogen and oxygen atoms in total. The Morgan fingerprint density at radius 1 is 1.15 bits per heavy atom. The quantitative estimate of drug-likeness (QED) is 0.667. The van der Waals surface area contributed by atoms with E-state index in [1.165, 1.54) is 6.07 Å². The predicted octanol–water partition coefficient (Wildman–Crippen LogP) is 4.02. The number of hydrogen-bond acceptors (Lipinski definition) is 6. The van der Waals surface area contributed by atoms with Gasteiger partial charge in [-0.3, -0.25) is 4.79 Å². The highest BCUT2D eigenvalue weighted by Gasteiger charge is 2.26. The molecule has 0 aliphatic rings. The van der Waals surface area contributed by atoms with E-state index in [0.717, 1.165) is 22.5 Å². The molecule has 2 heterocycles. The Hall–Kier alpha value is -2.65. The number of rotatable bonds is 5. The molecule has 1 aromatic carbocycles. The molecule has 0 aliphatic heterocycles. The first-order valence-electron chi connectivity index (χ1n) is 8.11. The summed E-state index contributed by atoms with van der Waals surface area (Å²) in [6, 6.07) is 7.01. The number of aryl methyl sites for hydroxylation is 3. The Bertz CT molecular complexity index is 1110. The molecule has 0 radical (unpaired) electrons. The third-order valence-electron chi connectivity index (χ3n) is 4.14. The molecule has 2 aromatic heterocycles. The van der Waals surface area contributed by atoms with E-state index in [9.17, 15) is 13.2 Å². The van der Waals surface area contributed by atoms with E-state index < -0.39 is 15.9 Å². The molecule has 3 aromatic rings. The van der Waals surface area contributed by atoms with Gasteiger partial charge in [-0.25, -0.2) is 13.1 Å². The van der Waals surface area contributed by atoms with Gasteiger partial charge in [-0.15, -0.1) is 11.3 Å². The third-order valence-corrected chi connectivity index (χ3v) is 6.55. The van der Waals surface area contributed by atoms with Crippen LogP contribution >= 0.6 is 11.3 Å². The molecule has 0 atom stereocenters. The second kappa shape index (κ2) is 7.16. The number of nitrogens with zero attached hydrogens (tertiary/aromatic N) is 1. The maximum Gasteiger partial charge on any atom is 0.267 e. The molecule has 0 aliphatic carbocycles. The van der Waals surface area contributed by atoms with Crippen LogP contribution in [0.25, 0.3) is 0 Å². The number of sulfonamides is 1. The number of benzene rings is 1. The maximum absolute atomic E-state index is 12.7. The number of nitrogens with one attached hydrogen (secondary N) is 2. The van der Waals surface area contributed by atoms with E-state index in [2.05, 4.69) is 15.2 Å². The number of aromatic nitrogens is 1. The van der Waals surface area contributed by atoms with Crippen LogP contribution in [0.4, 0.5) is 11.6 Å². The zero-order valence-corrected chi connectivity index (χ0v) is 16.9. The predicted molar refractivity (Wildman–Crippen MR) is 105 cm³/mol. The van der Waals surface area contributed by atoms with E-state index in [1.807, 2.05) is 26.0 Å². The molecular weight excluding hydrogens is 386 g/mol. The summed E-state index contributed by atoms with van der Waals surface area (Å²) in [4.78, 5) is 12.7. The summed E-state index contributed by atoms with van der Waals surface area (Å²) in [5, 5.41) is 8.07. The van der Waals surface area contributed by atoms with E-state index >= 15 is 0 Å². The fourth-order valence-corrected chi connectivity index (χ4v) is 4.87. The van der Waals surface area contributed by atoms with Gasteiger partial charge in [0.2, 0.25) is 5.88 Å². The van der Waals surface area contributed by atoms with E-state index in [-0.39, 0.29) is 15.7 Å². The number of amides is 1. The van der Waals surface area contributed by atoms with Crippen LogP contribution in [0.2, 0.25) is 0 Å². The molecule has 0 bridgehead atoms. The normalized spacial score (nSPS) is 11.4. The highest BCUT2D eigenvalue weighted by Crippen LogP contribution is 2.28. The molecule has 3 rings (SSSR count). The number of thiophene rings is 1. The average molecular weight is 406 g/mol. The fraction of sp³-hybridized carbons (Fsp3) is 0.222. The summed E-state index contributed by atoms with van der Waals surface area (Å²) in [6.45, 7) is 7.25. The Morgan fingerprint density at radius 3 is 2.52 bits per heavy atom. The molecule has 0 saturated heterocycles. The lowest BCUT2D eigenvalue weighted by Crippen LogP contribution is -2.18. The van der Waals surface area contributed by atoms with Crippen LogP contribution in [-0.2, 0) is 10.0 Å². The molecule has 142 valence electrons. The molecule has 2 N–H and O–H groups in total. The van der Waals surface area contributed by atoms with Gasteiger partial charge in [-0.1, -0.05) is 22.9 Å². The molecule has 1 amide bonds. The second-order valence-electron chi connectivity index (χ2n) is 6.21. The Labute approximate surface area is 161 Å². The molecule has 27 heavy (non-hydrogen) atoms. The van der Waals surface area contributed by atoms with Crippen LogP contribution < -0.4 is 10.0 Å². The van der Waals surface area contributed by atoms with Crippen LogP contribution in [-0.4, -0.2) is 19.5 Å². The van der Waals surface area contributed by atoms with Crippen molar-refractivity contribution in [2.45, 2.75) is 32.6 Å².